The van der Waals surface area contributed by atoms with E-state index in [1.165, 1.54) is 13.1 Å². The Kier molecular flexibility index (Phi) is 5.38. The zero-order chi connectivity index (χ0) is 17.2. The monoisotopic (exact) mass is 343 g/mol. The molecule has 23 heavy (non-hydrogen) atoms. The van der Waals surface area contributed by atoms with Crippen molar-refractivity contribution >= 4 is 15.9 Å². The number of nitrogens with one attached hydrogen (secondary N) is 1. The van der Waals surface area contributed by atoms with Crippen molar-refractivity contribution in [3.05, 3.63) is 29.6 Å². The number of nitrogens with two attached hydrogens (primary N) is 1. The van der Waals surface area contributed by atoms with Crippen LogP contribution in [0.5, 0.6) is 0 Å². The van der Waals surface area contributed by atoms with Crippen LogP contribution in [-0.2, 0) is 10.0 Å². The van der Waals surface area contributed by atoms with E-state index in [1.807, 2.05) is 6.92 Å². The first-order chi connectivity index (χ1) is 10.8. The molecule has 1 aromatic rings. The van der Waals surface area contributed by atoms with Crippen molar-refractivity contribution in [1.29, 1.82) is 0 Å². The number of hydrogen-bond acceptors (Lipinski definition) is 4. The molecule has 2 rings (SSSR count). The SMILES string of the molecule is CNS(=O)(=O)c1cc(C(=O)N2CCCC(C(C)N)C2)ccc1F. The second-order valence-electron chi connectivity index (χ2n) is 5.87. The van der Waals surface area contributed by atoms with Crippen LogP contribution in [0.4, 0.5) is 4.39 Å². The summed E-state index contributed by atoms with van der Waals surface area (Å²) in [6.07, 6.45) is 1.81. The van der Waals surface area contributed by atoms with Crippen molar-refractivity contribution in [3.63, 3.8) is 0 Å². The molecule has 1 aliphatic heterocycles. The quantitative estimate of drug-likeness (QED) is 0.851. The van der Waals surface area contributed by atoms with Gasteiger partial charge in [0.2, 0.25) is 10.0 Å². The maximum Gasteiger partial charge on any atom is 0.253 e. The molecule has 0 aliphatic carbocycles. The minimum absolute atomic E-state index is 0.0148. The van der Waals surface area contributed by atoms with Gasteiger partial charge < -0.3 is 10.6 Å². The minimum Gasteiger partial charge on any atom is -0.338 e. The molecular weight excluding hydrogens is 321 g/mol. The van der Waals surface area contributed by atoms with E-state index < -0.39 is 20.7 Å². The highest BCUT2D eigenvalue weighted by atomic mass is 32.2. The van der Waals surface area contributed by atoms with Gasteiger partial charge >= 0.3 is 0 Å². The van der Waals surface area contributed by atoms with Gasteiger partial charge in [0.05, 0.1) is 0 Å². The van der Waals surface area contributed by atoms with Gasteiger partial charge in [0.15, 0.2) is 0 Å². The second-order valence-corrected chi connectivity index (χ2v) is 7.72. The normalized spacial score (nSPS) is 20.3. The average molecular weight is 343 g/mol. The van der Waals surface area contributed by atoms with E-state index in [0.717, 1.165) is 25.0 Å². The van der Waals surface area contributed by atoms with Gasteiger partial charge in [-0.1, -0.05) is 0 Å². The van der Waals surface area contributed by atoms with E-state index >= 15 is 0 Å². The Morgan fingerprint density at radius 2 is 2.17 bits per heavy atom. The Labute approximate surface area is 135 Å². The number of halogens is 1. The third-order valence-electron chi connectivity index (χ3n) is 4.23. The summed E-state index contributed by atoms with van der Waals surface area (Å²) >= 11 is 0. The molecule has 6 nitrogen and oxygen atoms in total. The zero-order valence-electron chi connectivity index (χ0n) is 13.3. The van der Waals surface area contributed by atoms with Crippen molar-refractivity contribution < 1.29 is 17.6 Å². The van der Waals surface area contributed by atoms with Crippen molar-refractivity contribution in [2.45, 2.75) is 30.7 Å². The molecule has 0 saturated carbocycles. The second kappa shape index (κ2) is 6.94. The molecule has 2 atom stereocenters. The summed E-state index contributed by atoms with van der Waals surface area (Å²) in [5, 5.41) is 0. The third kappa shape index (κ3) is 3.88. The summed E-state index contributed by atoms with van der Waals surface area (Å²) in [6.45, 7) is 3.03. The molecule has 1 amide bonds. The Morgan fingerprint density at radius 1 is 1.48 bits per heavy atom. The number of nitrogens with zero attached hydrogens (tertiary/aromatic N) is 1. The fourth-order valence-corrected chi connectivity index (χ4v) is 3.59. The lowest BCUT2D eigenvalue weighted by Crippen LogP contribution is -2.45. The first kappa shape index (κ1) is 17.8. The maximum absolute atomic E-state index is 13.8. The Morgan fingerprint density at radius 3 is 2.78 bits per heavy atom. The molecule has 0 bridgehead atoms. The molecule has 1 aromatic carbocycles. The van der Waals surface area contributed by atoms with E-state index in [2.05, 4.69) is 4.72 Å². The van der Waals surface area contributed by atoms with Gasteiger partial charge in [-0.25, -0.2) is 17.5 Å². The van der Waals surface area contributed by atoms with Crippen molar-refractivity contribution in [2.24, 2.45) is 11.7 Å². The lowest BCUT2D eigenvalue weighted by atomic mass is 9.92. The predicted octanol–water partition coefficient (Wildman–Crippen LogP) is 0.933. The van der Waals surface area contributed by atoms with Crippen LogP contribution in [0.25, 0.3) is 0 Å². The Hall–Kier alpha value is -1.51. The van der Waals surface area contributed by atoms with Gasteiger partial charge in [-0.2, -0.15) is 0 Å². The van der Waals surface area contributed by atoms with E-state index in [1.54, 1.807) is 4.90 Å². The molecule has 0 aromatic heterocycles. The van der Waals surface area contributed by atoms with Gasteiger partial charge in [0.25, 0.3) is 5.91 Å². The molecule has 1 saturated heterocycles. The van der Waals surface area contributed by atoms with Crippen LogP contribution in [0.2, 0.25) is 0 Å². The van der Waals surface area contributed by atoms with Crippen LogP contribution in [-0.4, -0.2) is 45.4 Å². The maximum atomic E-state index is 13.8. The number of hydrogen-bond donors (Lipinski definition) is 2. The summed E-state index contributed by atoms with van der Waals surface area (Å²) in [5.74, 6) is -0.973. The van der Waals surface area contributed by atoms with Crippen LogP contribution < -0.4 is 10.5 Å². The lowest BCUT2D eigenvalue weighted by Gasteiger charge is -2.34. The lowest BCUT2D eigenvalue weighted by molar-refractivity contribution is 0.0660. The molecule has 2 unspecified atom stereocenters. The van der Waals surface area contributed by atoms with E-state index in [-0.39, 0.29) is 23.4 Å². The van der Waals surface area contributed by atoms with Crippen LogP contribution in [0.15, 0.2) is 23.1 Å². The first-order valence-corrected chi connectivity index (χ1v) is 9.02. The number of benzene rings is 1. The molecule has 1 aliphatic rings. The molecule has 8 heteroatoms. The molecular formula is C15H22FN3O3S. The Balaban J connectivity index is 2.28. The van der Waals surface area contributed by atoms with Gasteiger partial charge in [-0.15, -0.1) is 0 Å². The number of sulfonamides is 1. The van der Waals surface area contributed by atoms with Crippen molar-refractivity contribution in [1.82, 2.24) is 9.62 Å². The van der Waals surface area contributed by atoms with Gasteiger partial charge in [0.1, 0.15) is 10.7 Å². The van der Waals surface area contributed by atoms with Gasteiger partial charge in [-0.3, -0.25) is 4.79 Å². The molecule has 1 fully saturated rings. The number of likely N-dealkylation sites (tertiary alicyclic amines) is 1. The smallest absolute Gasteiger partial charge is 0.253 e. The van der Waals surface area contributed by atoms with Gasteiger partial charge in [-0.05, 0) is 50.9 Å². The summed E-state index contributed by atoms with van der Waals surface area (Å²) in [5.41, 5.74) is 6.07. The third-order valence-corrected chi connectivity index (χ3v) is 5.65. The highest BCUT2D eigenvalue weighted by Crippen LogP contribution is 2.22. The Bertz CT molecular complexity index is 691. The van der Waals surface area contributed by atoms with E-state index in [9.17, 15) is 17.6 Å². The highest BCUT2D eigenvalue weighted by Gasteiger charge is 2.27. The minimum atomic E-state index is -3.96. The standard InChI is InChI=1S/C15H22FN3O3S/c1-10(17)12-4-3-7-19(9-12)15(20)11-5-6-13(16)14(8-11)23(21,22)18-2/h5-6,8,10,12,18H,3-4,7,9,17H2,1-2H3. The summed E-state index contributed by atoms with van der Waals surface area (Å²) in [4.78, 5) is 13.7. The van der Waals surface area contributed by atoms with Crippen LogP contribution >= 0.6 is 0 Å². The predicted molar refractivity (Wildman–Crippen MR) is 84.9 cm³/mol. The molecule has 1 heterocycles. The van der Waals surface area contributed by atoms with E-state index in [4.69, 9.17) is 5.73 Å². The number of rotatable bonds is 4. The fraction of sp³-hybridized carbons (Fsp3) is 0.533. The molecule has 0 spiro atoms. The van der Waals surface area contributed by atoms with Crippen molar-refractivity contribution in [2.75, 3.05) is 20.1 Å². The highest BCUT2D eigenvalue weighted by molar-refractivity contribution is 7.89. The number of carbonyl (C=O) groups is 1. The molecule has 0 radical (unpaired) electrons. The summed E-state index contributed by atoms with van der Waals surface area (Å²) in [7, 11) is -2.76. The topological polar surface area (TPSA) is 92.5 Å². The van der Waals surface area contributed by atoms with Crippen LogP contribution in [0.1, 0.15) is 30.1 Å². The number of piperidine rings is 1. The van der Waals surface area contributed by atoms with E-state index in [0.29, 0.717) is 13.1 Å². The number of carbonyl (C=O) groups excluding carboxylic acids is 1. The summed E-state index contributed by atoms with van der Waals surface area (Å²) in [6, 6.07) is 3.38. The fourth-order valence-electron chi connectivity index (χ4n) is 2.76. The van der Waals surface area contributed by atoms with Crippen molar-refractivity contribution in [3.8, 4) is 0 Å². The van der Waals surface area contributed by atoms with Crippen LogP contribution in [0.3, 0.4) is 0 Å². The molecule has 128 valence electrons. The number of amides is 1. The van der Waals surface area contributed by atoms with Crippen LogP contribution in [0, 0.1) is 11.7 Å². The average Bonchev–Trinajstić information content (AvgIpc) is 2.54. The largest absolute Gasteiger partial charge is 0.338 e. The zero-order valence-corrected chi connectivity index (χ0v) is 14.1. The van der Waals surface area contributed by atoms with Gasteiger partial charge in [0, 0.05) is 24.7 Å². The molecule has 3 N–H and O–H groups in total. The summed E-state index contributed by atoms with van der Waals surface area (Å²) < 4.78 is 39.5. The first-order valence-electron chi connectivity index (χ1n) is 7.54.